The minimum atomic E-state index is -2.06. The van der Waals surface area contributed by atoms with Crippen molar-refractivity contribution < 1.29 is 88.3 Å². The zero-order valence-electron chi connectivity index (χ0n) is 28.3. The molecule has 3 aliphatic rings. The highest BCUT2D eigenvalue weighted by Crippen LogP contribution is 2.47. The Morgan fingerprint density at radius 1 is 0.843 bits per heavy atom. The van der Waals surface area contributed by atoms with Crippen LogP contribution in [-0.2, 0) is 18.9 Å². The third-order valence-electron chi connectivity index (χ3n) is 9.41. The number of carbonyl (C=O) groups is 1. The molecule has 18 heteroatoms. The first-order valence-corrected chi connectivity index (χ1v) is 15.9. The van der Waals surface area contributed by atoms with Gasteiger partial charge in [0.2, 0.25) is 17.8 Å². The number of ether oxygens (including phenoxy) is 9. The minimum absolute atomic E-state index is 0.0271. The van der Waals surface area contributed by atoms with Gasteiger partial charge in [-0.25, -0.2) is 0 Å². The van der Waals surface area contributed by atoms with E-state index in [1.807, 2.05) is 0 Å². The number of rotatable bonds is 14. The Morgan fingerprint density at radius 2 is 1.45 bits per heavy atom. The summed E-state index contributed by atoms with van der Waals surface area (Å²) in [6, 6.07) is 5.77. The van der Waals surface area contributed by atoms with E-state index in [0.717, 1.165) is 0 Å². The summed E-state index contributed by atoms with van der Waals surface area (Å²) in [5, 5.41) is 82.7. The number of aliphatic hydroxyl groups is 7. The molecule has 0 aliphatic carbocycles. The normalized spacial score (nSPS) is 33.5. The molecule has 51 heavy (non-hydrogen) atoms. The van der Waals surface area contributed by atoms with Crippen LogP contribution in [-0.4, -0.2) is 157 Å². The first kappa shape index (κ1) is 38.7. The number of ketones is 1. The number of phenols is 1. The lowest BCUT2D eigenvalue weighted by atomic mass is 9.83. The van der Waals surface area contributed by atoms with Crippen LogP contribution < -0.4 is 23.7 Å². The predicted octanol–water partition coefficient (Wildman–Crippen LogP) is -1.75. The molecule has 3 saturated heterocycles. The molecule has 0 saturated carbocycles. The molecular formula is C33H44O18. The summed E-state index contributed by atoms with van der Waals surface area (Å²) in [7, 11) is 5.31. The van der Waals surface area contributed by atoms with Gasteiger partial charge in [0.25, 0.3) is 0 Å². The highest BCUT2D eigenvalue weighted by Gasteiger charge is 2.54. The number of hydrogen-bond acceptors (Lipinski definition) is 18. The maximum absolute atomic E-state index is 13.7. The van der Waals surface area contributed by atoms with E-state index in [9.17, 15) is 45.6 Å². The van der Waals surface area contributed by atoms with Crippen molar-refractivity contribution in [2.45, 2.75) is 54.8 Å². The van der Waals surface area contributed by atoms with E-state index in [1.54, 1.807) is 0 Å². The fourth-order valence-corrected chi connectivity index (χ4v) is 6.41. The Labute approximate surface area is 292 Å². The first-order valence-electron chi connectivity index (χ1n) is 15.9. The average molecular weight is 729 g/mol. The number of hydrogen-bond donors (Lipinski definition) is 8. The van der Waals surface area contributed by atoms with Gasteiger partial charge in [-0.05, 0) is 29.8 Å². The van der Waals surface area contributed by atoms with E-state index in [4.69, 9.17) is 42.6 Å². The molecule has 2 aromatic rings. The largest absolute Gasteiger partial charge is 0.502 e. The molecule has 3 heterocycles. The van der Waals surface area contributed by atoms with Crippen LogP contribution in [0, 0.1) is 11.8 Å². The maximum Gasteiger partial charge on any atom is 0.230 e. The van der Waals surface area contributed by atoms with E-state index in [1.165, 1.54) is 52.7 Å². The lowest BCUT2D eigenvalue weighted by molar-refractivity contribution is -0.319. The summed E-state index contributed by atoms with van der Waals surface area (Å²) in [4.78, 5) is 13.7. The summed E-state index contributed by atoms with van der Waals surface area (Å²) < 4.78 is 50.5. The predicted molar refractivity (Wildman–Crippen MR) is 169 cm³/mol. The molecular weight excluding hydrogens is 684 g/mol. The van der Waals surface area contributed by atoms with Gasteiger partial charge in [0.1, 0.15) is 30.0 Å². The Bertz CT molecular complexity index is 1470. The van der Waals surface area contributed by atoms with Crippen LogP contribution in [0.2, 0.25) is 0 Å². The quantitative estimate of drug-likeness (QED) is 0.100. The number of Topliss-reactive ketones (excluding diaryl/α,β-unsaturated/α-hetero) is 1. The molecule has 3 unspecified atom stereocenters. The van der Waals surface area contributed by atoms with Crippen molar-refractivity contribution in [3.05, 3.63) is 35.4 Å². The fraction of sp³-hybridized carbons (Fsp3) is 0.606. The number of phenolic OH excluding ortho intramolecular Hbond substituents is 1. The summed E-state index contributed by atoms with van der Waals surface area (Å²) in [6.45, 7) is -2.60. The summed E-state index contributed by atoms with van der Waals surface area (Å²) in [5.74, 6) is -2.17. The number of methoxy groups -OCH3 is 4. The van der Waals surface area contributed by atoms with E-state index < -0.39 is 93.1 Å². The zero-order valence-corrected chi connectivity index (χ0v) is 28.3. The van der Waals surface area contributed by atoms with Gasteiger partial charge in [-0.2, -0.15) is 0 Å². The van der Waals surface area contributed by atoms with E-state index in [2.05, 4.69) is 0 Å². The molecule has 0 radical (unpaired) electrons. The summed E-state index contributed by atoms with van der Waals surface area (Å²) >= 11 is 0. The standard InChI is InChI=1S/C33H44O18/c1-43-18-5-14(6-19(44-2)24(18)38)23(37)17-11-47-27(16(17)9-34)15-7-20(45-3)28(21(8-15)46-4)50-31-29(26(40)25(39)22(10-35)49-31)51-32-30(41)33(42,12-36)13-48-32/h5-8,16-17,22,25-27,29-32,34-36,38-42H,9-13H2,1-4H3/t16?,17?,22-,25-,26+,27?,29-,30+,31+,32+,33-/m1/s1. The Balaban J connectivity index is 1.43. The van der Waals surface area contributed by atoms with Gasteiger partial charge < -0.3 is 83.5 Å². The van der Waals surface area contributed by atoms with E-state index in [0.29, 0.717) is 5.56 Å². The van der Waals surface area contributed by atoms with Crippen molar-refractivity contribution in [1.82, 2.24) is 0 Å². The van der Waals surface area contributed by atoms with Crippen LogP contribution in [0.25, 0.3) is 0 Å². The smallest absolute Gasteiger partial charge is 0.230 e. The average Bonchev–Trinajstić information content (AvgIpc) is 3.71. The number of carbonyl (C=O) groups excluding carboxylic acids is 1. The Kier molecular flexibility index (Phi) is 12.1. The molecule has 8 N–H and O–H groups in total. The van der Waals surface area contributed by atoms with Crippen LogP contribution in [0.1, 0.15) is 22.0 Å². The SMILES string of the molecule is COc1cc(C(=O)C2COC(c3cc(OC)c(O[C@@H]4O[C@H](CO)[C@@H](O)[C@H](O)[C@H]4O[C@@H]4OC[C@](O)(CO)[C@H]4O)c(OC)c3)C2CO)cc(OC)c1O. The molecule has 0 aromatic heterocycles. The highest BCUT2D eigenvalue weighted by molar-refractivity contribution is 5.99. The lowest BCUT2D eigenvalue weighted by Crippen LogP contribution is -2.62. The Morgan fingerprint density at radius 3 is 1.96 bits per heavy atom. The first-order chi connectivity index (χ1) is 24.4. The van der Waals surface area contributed by atoms with Gasteiger partial charge in [0.05, 0.1) is 66.9 Å². The van der Waals surface area contributed by atoms with Crippen molar-refractivity contribution in [3.63, 3.8) is 0 Å². The molecule has 3 aliphatic heterocycles. The van der Waals surface area contributed by atoms with Gasteiger partial charge in [0.15, 0.2) is 41.2 Å². The van der Waals surface area contributed by atoms with Gasteiger partial charge in [-0.15, -0.1) is 0 Å². The fourth-order valence-electron chi connectivity index (χ4n) is 6.41. The molecule has 3 fully saturated rings. The Hall–Kier alpha value is -3.53. The van der Waals surface area contributed by atoms with E-state index in [-0.39, 0.29) is 52.5 Å². The molecule has 5 rings (SSSR count). The van der Waals surface area contributed by atoms with Crippen LogP contribution in [0.4, 0.5) is 0 Å². The summed E-state index contributed by atoms with van der Waals surface area (Å²) in [6.07, 6.45) is -12.2. The van der Waals surface area contributed by atoms with Crippen molar-refractivity contribution in [2.24, 2.45) is 11.8 Å². The number of aliphatic hydroxyl groups excluding tert-OH is 6. The van der Waals surface area contributed by atoms with Crippen LogP contribution in [0.15, 0.2) is 24.3 Å². The van der Waals surface area contributed by atoms with Crippen molar-refractivity contribution in [2.75, 3.05) is 61.5 Å². The van der Waals surface area contributed by atoms with Crippen LogP contribution in [0.3, 0.4) is 0 Å². The van der Waals surface area contributed by atoms with Gasteiger partial charge in [-0.3, -0.25) is 4.79 Å². The van der Waals surface area contributed by atoms with Gasteiger partial charge in [-0.1, -0.05) is 0 Å². The zero-order chi connectivity index (χ0) is 37.2. The third kappa shape index (κ3) is 7.26. The molecule has 11 atom stereocenters. The number of benzene rings is 2. The third-order valence-corrected chi connectivity index (χ3v) is 9.41. The second kappa shape index (κ2) is 16.0. The summed E-state index contributed by atoms with van der Waals surface area (Å²) in [5.41, 5.74) is -1.46. The highest BCUT2D eigenvalue weighted by atomic mass is 16.8. The molecule has 284 valence electrons. The topological polar surface area (TPSA) is 262 Å². The molecule has 0 amide bonds. The van der Waals surface area contributed by atoms with Crippen LogP contribution >= 0.6 is 0 Å². The molecule has 18 nitrogen and oxygen atoms in total. The van der Waals surface area contributed by atoms with Crippen molar-refractivity contribution in [1.29, 1.82) is 0 Å². The molecule has 0 bridgehead atoms. The molecule has 2 aromatic carbocycles. The molecule has 0 spiro atoms. The lowest BCUT2D eigenvalue weighted by Gasteiger charge is -2.42. The second-order valence-electron chi connectivity index (χ2n) is 12.4. The minimum Gasteiger partial charge on any atom is -0.502 e. The second-order valence-corrected chi connectivity index (χ2v) is 12.4. The van der Waals surface area contributed by atoms with Crippen molar-refractivity contribution >= 4 is 5.78 Å². The maximum atomic E-state index is 13.7. The van der Waals surface area contributed by atoms with Gasteiger partial charge in [0, 0.05) is 18.1 Å². The van der Waals surface area contributed by atoms with E-state index >= 15 is 0 Å². The van der Waals surface area contributed by atoms with Crippen molar-refractivity contribution in [3.8, 4) is 34.5 Å². The van der Waals surface area contributed by atoms with Gasteiger partial charge >= 0.3 is 0 Å². The number of aromatic hydroxyl groups is 1. The van der Waals surface area contributed by atoms with Crippen LogP contribution in [0.5, 0.6) is 34.5 Å². The monoisotopic (exact) mass is 728 g/mol.